The van der Waals surface area contributed by atoms with Crippen molar-refractivity contribution in [3.05, 3.63) is 54.1 Å². The summed E-state index contributed by atoms with van der Waals surface area (Å²) in [6.45, 7) is 3.78. The lowest BCUT2D eigenvalue weighted by Crippen LogP contribution is -2.08. The molecule has 0 unspecified atom stereocenters. The lowest BCUT2D eigenvalue weighted by molar-refractivity contribution is -0.118. The Morgan fingerprint density at radius 2 is 1.94 bits per heavy atom. The van der Waals surface area contributed by atoms with Crippen LogP contribution in [0.4, 0.5) is 0 Å². The van der Waals surface area contributed by atoms with E-state index < -0.39 is 0 Å². The molecule has 0 radical (unpaired) electrons. The smallest absolute Gasteiger partial charge is 0.137 e. The zero-order valence-corrected chi connectivity index (χ0v) is 9.41. The van der Waals surface area contributed by atoms with Gasteiger partial charge in [0.25, 0.3) is 0 Å². The summed E-state index contributed by atoms with van der Waals surface area (Å²) in [5, 5.41) is 0. The molecule has 0 aromatic heterocycles. The molecule has 0 bridgehead atoms. The summed E-state index contributed by atoms with van der Waals surface area (Å²) in [5.74, 6) is 0.353. The third-order valence-electron chi connectivity index (χ3n) is 3.02. The molecule has 0 atom stereocenters. The summed E-state index contributed by atoms with van der Waals surface area (Å²) in [4.78, 5) is 11.5. The third-order valence-corrected chi connectivity index (χ3v) is 3.02. The number of benzene rings is 1. The van der Waals surface area contributed by atoms with E-state index in [4.69, 9.17) is 0 Å². The van der Waals surface area contributed by atoms with Crippen LogP contribution in [0.1, 0.15) is 31.2 Å². The molecule has 0 saturated carbocycles. The Morgan fingerprint density at radius 1 is 1.19 bits per heavy atom. The number of Topliss-reactive ketones (excluding diaryl/α,β-unsaturated/α-hetero) is 1. The van der Waals surface area contributed by atoms with Gasteiger partial charge in [-0.1, -0.05) is 42.0 Å². The van der Waals surface area contributed by atoms with Gasteiger partial charge in [0.2, 0.25) is 0 Å². The highest BCUT2D eigenvalue weighted by Gasteiger charge is 2.18. The van der Waals surface area contributed by atoms with Gasteiger partial charge in [-0.2, -0.15) is 0 Å². The topological polar surface area (TPSA) is 17.1 Å². The number of hydrogen-bond donors (Lipinski definition) is 0. The maximum absolute atomic E-state index is 11.5. The first-order valence-corrected chi connectivity index (χ1v) is 5.70. The molecular weight excluding hydrogens is 196 g/mol. The zero-order chi connectivity index (χ0) is 11.4. The molecule has 16 heavy (non-hydrogen) atoms. The van der Waals surface area contributed by atoms with Gasteiger partial charge in [-0.05, 0) is 24.0 Å². The molecule has 0 saturated heterocycles. The molecule has 82 valence electrons. The fourth-order valence-corrected chi connectivity index (χ4v) is 2.20. The van der Waals surface area contributed by atoms with Gasteiger partial charge in [0, 0.05) is 12.8 Å². The number of allylic oxidation sites excluding steroid dienone is 3. The highest BCUT2D eigenvalue weighted by Crippen LogP contribution is 2.32. The molecule has 1 aliphatic rings. The van der Waals surface area contributed by atoms with Crippen LogP contribution in [0.3, 0.4) is 0 Å². The second kappa shape index (κ2) is 4.93. The van der Waals surface area contributed by atoms with Crippen LogP contribution in [0, 0.1) is 0 Å². The van der Waals surface area contributed by atoms with Crippen molar-refractivity contribution in [2.75, 3.05) is 0 Å². The van der Waals surface area contributed by atoms with E-state index in [0.29, 0.717) is 18.6 Å². The van der Waals surface area contributed by atoms with Gasteiger partial charge in [-0.15, -0.1) is 6.58 Å². The zero-order valence-electron chi connectivity index (χ0n) is 9.41. The van der Waals surface area contributed by atoms with Gasteiger partial charge in [-0.3, -0.25) is 4.79 Å². The Hall–Kier alpha value is -1.63. The Bertz CT molecular complexity index is 426. The first-order valence-electron chi connectivity index (χ1n) is 5.70. The van der Waals surface area contributed by atoms with Crippen LogP contribution < -0.4 is 0 Å². The maximum Gasteiger partial charge on any atom is 0.137 e. The van der Waals surface area contributed by atoms with Gasteiger partial charge in [0.05, 0.1) is 0 Å². The molecule has 1 heteroatoms. The minimum Gasteiger partial charge on any atom is -0.299 e. The standard InChI is InChI=1S/C15H16O/c1-2-6-12-9-10-14(16)11-15(12)13-7-4-3-5-8-13/h2-5,7-8H,1,6,9-11H2. The Kier molecular flexibility index (Phi) is 3.35. The van der Waals surface area contributed by atoms with E-state index in [1.165, 1.54) is 16.7 Å². The van der Waals surface area contributed by atoms with Crippen molar-refractivity contribution in [3.8, 4) is 0 Å². The largest absolute Gasteiger partial charge is 0.299 e. The second-order valence-electron chi connectivity index (χ2n) is 4.16. The van der Waals surface area contributed by atoms with Gasteiger partial charge >= 0.3 is 0 Å². The van der Waals surface area contributed by atoms with E-state index in [0.717, 1.165) is 12.8 Å². The molecule has 1 aromatic rings. The van der Waals surface area contributed by atoms with E-state index in [-0.39, 0.29) is 0 Å². The van der Waals surface area contributed by atoms with Crippen LogP contribution in [0.5, 0.6) is 0 Å². The molecule has 0 fully saturated rings. The molecule has 0 amide bonds. The average Bonchev–Trinajstić information content (AvgIpc) is 2.33. The van der Waals surface area contributed by atoms with Crippen LogP contribution in [-0.4, -0.2) is 5.78 Å². The van der Waals surface area contributed by atoms with Crippen LogP contribution in [0.25, 0.3) is 5.57 Å². The molecule has 2 rings (SSSR count). The number of carbonyl (C=O) groups excluding carboxylic acids is 1. The number of carbonyl (C=O) groups is 1. The summed E-state index contributed by atoms with van der Waals surface area (Å²) in [5.41, 5.74) is 3.78. The van der Waals surface area contributed by atoms with Gasteiger partial charge < -0.3 is 0 Å². The molecule has 0 N–H and O–H groups in total. The van der Waals surface area contributed by atoms with Gasteiger partial charge in [-0.25, -0.2) is 0 Å². The minimum atomic E-state index is 0.353. The molecule has 1 aromatic carbocycles. The SMILES string of the molecule is C=CCC1=C(c2ccccc2)CC(=O)CC1. The molecular formula is C15H16O. The van der Waals surface area contributed by atoms with Crippen molar-refractivity contribution < 1.29 is 4.79 Å². The predicted octanol–water partition coefficient (Wildman–Crippen LogP) is 3.77. The van der Waals surface area contributed by atoms with Crippen molar-refractivity contribution in [1.29, 1.82) is 0 Å². The first-order chi connectivity index (χ1) is 7.81. The average molecular weight is 212 g/mol. The third kappa shape index (κ3) is 2.30. The number of hydrogen-bond acceptors (Lipinski definition) is 1. The molecule has 1 aliphatic carbocycles. The van der Waals surface area contributed by atoms with E-state index in [9.17, 15) is 4.79 Å². The van der Waals surface area contributed by atoms with Gasteiger partial charge in [0.15, 0.2) is 0 Å². The monoisotopic (exact) mass is 212 g/mol. The van der Waals surface area contributed by atoms with Crippen molar-refractivity contribution in [2.45, 2.75) is 25.7 Å². The molecule has 0 aliphatic heterocycles. The van der Waals surface area contributed by atoms with E-state index >= 15 is 0 Å². The van der Waals surface area contributed by atoms with Crippen LogP contribution in [-0.2, 0) is 4.79 Å². The normalized spacial score (nSPS) is 16.4. The summed E-state index contributed by atoms with van der Waals surface area (Å²) < 4.78 is 0. The quantitative estimate of drug-likeness (QED) is 0.697. The lowest BCUT2D eigenvalue weighted by Gasteiger charge is -2.19. The molecule has 1 nitrogen and oxygen atoms in total. The van der Waals surface area contributed by atoms with E-state index in [1.807, 2.05) is 24.3 Å². The molecule has 0 heterocycles. The summed E-state index contributed by atoms with van der Waals surface area (Å²) >= 11 is 0. The van der Waals surface area contributed by atoms with Crippen molar-refractivity contribution >= 4 is 11.4 Å². The number of ketones is 1. The lowest BCUT2D eigenvalue weighted by atomic mass is 9.85. The van der Waals surface area contributed by atoms with E-state index in [2.05, 4.69) is 18.7 Å². The van der Waals surface area contributed by atoms with Crippen molar-refractivity contribution in [3.63, 3.8) is 0 Å². The Labute approximate surface area is 96.5 Å². The summed E-state index contributed by atoms with van der Waals surface area (Å²) in [6.07, 6.45) is 5.01. The van der Waals surface area contributed by atoms with Crippen molar-refractivity contribution in [2.24, 2.45) is 0 Å². The summed E-state index contributed by atoms with van der Waals surface area (Å²) in [7, 11) is 0. The highest BCUT2D eigenvalue weighted by molar-refractivity contribution is 5.93. The summed E-state index contributed by atoms with van der Waals surface area (Å²) in [6, 6.07) is 10.2. The number of rotatable bonds is 3. The first kappa shape index (κ1) is 10.9. The van der Waals surface area contributed by atoms with Crippen LogP contribution >= 0.6 is 0 Å². The van der Waals surface area contributed by atoms with Crippen LogP contribution in [0.15, 0.2) is 48.6 Å². The van der Waals surface area contributed by atoms with E-state index in [1.54, 1.807) is 0 Å². The Balaban J connectivity index is 2.39. The Morgan fingerprint density at radius 3 is 2.62 bits per heavy atom. The minimum absolute atomic E-state index is 0.353. The van der Waals surface area contributed by atoms with Crippen LogP contribution in [0.2, 0.25) is 0 Å². The predicted molar refractivity (Wildman–Crippen MR) is 67.0 cm³/mol. The fourth-order valence-electron chi connectivity index (χ4n) is 2.20. The molecule has 0 spiro atoms. The second-order valence-corrected chi connectivity index (χ2v) is 4.16. The highest BCUT2D eigenvalue weighted by atomic mass is 16.1. The van der Waals surface area contributed by atoms with Gasteiger partial charge in [0.1, 0.15) is 5.78 Å². The fraction of sp³-hybridized carbons (Fsp3) is 0.267. The van der Waals surface area contributed by atoms with Crippen molar-refractivity contribution in [1.82, 2.24) is 0 Å². The maximum atomic E-state index is 11.5.